The van der Waals surface area contributed by atoms with Crippen LogP contribution >= 0.6 is 11.8 Å². The van der Waals surface area contributed by atoms with Gasteiger partial charge in [-0.1, -0.05) is 12.1 Å². The van der Waals surface area contributed by atoms with Gasteiger partial charge in [0.15, 0.2) is 6.23 Å². The maximum Gasteiger partial charge on any atom is 0.407 e. The van der Waals surface area contributed by atoms with Gasteiger partial charge in [0.2, 0.25) is 0 Å². The molecule has 0 aromatic heterocycles. The molecule has 7 heteroatoms. The van der Waals surface area contributed by atoms with Crippen LogP contribution in [-0.2, 0) is 4.74 Å². The van der Waals surface area contributed by atoms with Crippen molar-refractivity contribution in [2.45, 2.75) is 38.5 Å². The summed E-state index contributed by atoms with van der Waals surface area (Å²) in [6.07, 6.45) is -1.23. The van der Waals surface area contributed by atoms with Crippen LogP contribution in [0.1, 0.15) is 37.8 Å². The summed E-state index contributed by atoms with van der Waals surface area (Å²) in [6, 6.07) is 9.29. The van der Waals surface area contributed by atoms with E-state index in [0.717, 1.165) is 10.6 Å². The third-order valence-electron chi connectivity index (χ3n) is 3.22. The second kappa shape index (κ2) is 7.69. The predicted octanol–water partition coefficient (Wildman–Crippen LogP) is 2.63. The van der Waals surface area contributed by atoms with E-state index in [2.05, 4.69) is 16.4 Å². The van der Waals surface area contributed by atoms with Crippen molar-refractivity contribution in [2.24, 2.45) is 4.99 Å². The van der Waals surface area contributed by atoms with E-state index in [-0.39, 0.29) is 12.5 Å². The van der Waals surface area contributed by atoms with Gasteiger partial charge in [-0.25, -0.2) is 4.79 Å². The molecule has 1 aliphatic heterocycles. The van der Waals surface area contributed by atoms with Crippen molar-refractivity contribution in [1.29, 1.82) is 5.26 Å². The van der Waals surface area contributed by atoms with Gasteiger partial charge in [-0.3, -0.25) is 4.99 Å². The molecule has 1 heterocycles. The van der Waals surface area contributed by atoms with Crippen LogP contribution in [0.2, 0.25) is 0 Å². The molecule has 1 aromatic rings. The molecule has 1 aromatic carbocycles. The summed E-state index contributed by atoms with van der Waals surface area (Å²) in [5, 5.41) is 22.2. The van der Waals surface area contributed by atoms with Crippen molar-refractivity contribution in [3.63, 3.8) is 0 Å². The SMILES string of the molecule is CC(C)(C)OC(=O)NCC(C1=NC(O)CS1)c1cccc(C#N)c1. The van der Waals surface area contributed by atoms with Crippen LogP contribution < -0.4 is 5.32 Å². The lowest BCUT2D eigenvalue weighted by Crippen LogP contribution is -2.36. The molecular weight excluding hydrogens is 326 g/mol. The molecule has 0 fully saturated rings. The minimum Gasteiger partial charge on any atom is -0.444 e. The van der Waals surface area contributed by atoms with Crippen molar-refractivity contribution in [2.75, 3.05) is 12.3 Å². The molecule has 0 aliphatic carbocycles. The van der Waals surface area contributed by atoms with E-state index >= 15 is 0 Å². The number of thioether (sulfide) groups is 1. The molecule has 2 atom stereocenters. The van der Waals surface area contributed by atoms with Crippen molar-refractivity contribution < 1.29 is 14.6 Å². The average molecular weight is 347 g/mol. The van der Waals surface area contributed by atoms with Crippen LogP contribution in [0.3, 0.4) is 0 Å². The average Bonchev–Trinajstić information content (AvgIpc) is 2.92. The second-order valence-electron chi connectivity index (χ2n) is 6.43. The van der Waals surface area contributed by atoms with E-state index in [1.165, 1.54) is 11.8 Å². The van der Waals surface area contributed by atoms with E-state index in [0.29, 0.717) is 11.3 Å². The summed E-state index contributed by atoms with van der Waals surface area (Å²) in [4.78, 5) is 16.1. The number of benzene rings is 1. The van der Waals surface area contributed by atoms with E-state index in [1.54, 1.807) is 39.0 Å². The molecule has 0 saturated carbocycles. The van der Waals surface area contributed by atoms with Crippen LogP contribution in [-0.4, -0.2) is 40.4 Å². The number of aliphatic hydroxyl groups excluding tert-OH is 1. The van der Waals surface area contributed by atoms with E-state index < -0.39 is 17.9 Å². The zero-order valence-corrected chi connectivity index (χ0v) is 14.8. The zero-order chi connectivity index (χ0) is 17.7. The summed E-state index contributed by atoms with van der Waals surface area (Å²) in [5.74, 6) is 0.268. The number of alkyl carbamates (subject to hydrolysis) is 1. The fraction of sp³-hybridized carbons (Fsp3) is 0.471. The summed E-state index contributed by atoms with van der Waals surface area (Å²) >= 11 is 1.46. The van der Waals surface area contributed by atoms with Crippen molar-refractivity contribution in [3.8, 4) is 6.07 Å². The Hall–Kier alpha value is -2.04. The maximum atomic E-state index is 11.9. The predicted molar refractivity (Wildman–Crippen MR) is 94.0 cm³/mol. The van der Waals surface area contributed by atoms with Crippen molar-refractivity contribution >= 4 is 22.9 Å². The fourth-order valence-corrected chi connectivity index (χ4v) is 3.26. The van der Waals surface area contributed by atoms with Gasteiger partial charge in [0.05, 0.1) is 16.7 Å². The van der Waals surface area contributed by atoms with Gasteiger partial charge in [0.1, 0.15) is 5.60 Å². The van der Waals surface area contributed by atoms with Gasteiger partial charge in [-0.15, -0.1) is 11.8 Å². The number of hydrogen-bond donors (Lipinski definition) is 2. The first-order chi connectivity index (χ1) is 11.3. The minimum atomic E-state index is -0.729. The summed E-state index contributed by atoms with van der Waals surface area (Å²) < 4.78 is 5.25. The number of amides is 1. The quantitative estimate of drug-likeness (QED) is 0.873. The Morgan fingerprint density at radius 3 is 2.92 bits per heavy atom. The number of ether oxygens (including phenoxy) is 1. The third-order valence-corrected chi connectivity index (χ3v) is 4.37. The van der Waals surface area contributed by atoms with Crippen LogP contribution in [0.4, 0.5) is 4.79 Å². The van der Waals surface area contributed by atoms with E-state index in [1.807, 2.05) is 6.07 Å². The highest BCUT2D eigenvalue weighted by Gasteiger charge is 2.26. The van der Waals surface area contributed by atoms with Gasteiger partial charge in [0, 0.05) is 18.2 Å². The molecule has 0 saturated heterocycles. The number of hydrogen-bond acceptors (Lipinski definition) is 6. The number of rotatable bonds is 4. The number of nitriles is 1. The van der Waals surface area contributed by atoms with Gasteiger partial charge < -0.3 is 15.2 Å². The highest BCUT2D eigenvalue weighted by Crippen LogP contribution is 2.29. The Balaban J connectivity index is 2.16. The molecule has 1 amide bonds. The van der Waals surface area contributed by atoms with Crippen molar-refractivity contribution in [1.82, 2.24) is 5.32 Å². The molecule has 2 unspecified atom stereocenters. The summed E-state index contributed by atoms with van der Waals surface area (Å²) in [5.41, 5.74) is 0.834. The van der Waals surface area contributed by atoms with Crippen LogP contribution in [0.15, 0.2) is 29.3 Å². The largest absolute Gasteiger partial charge is 0.444 e. The first kappa shape index (κ1) is 18.3. The molecular formula is C17H21N3O3S. The number of nitrogens with zero attached hydrogens (tertiary/aromatic N) is 2. The highest BCUT2D eigenvalue weighted by atomic mass is 32.2. The number of nitrogens with one attached hydrogen (secondary N) is 1. The van der Waals surface area contributed by atoms with E-state index in [4.69, 9.17) is 10.00 Å². The Labute approximate surface area is 145 Å². The third kappa shape index (κ3) is 5.25. The summed E-state index contributed by atoms with van der Waals surface area (Å²) in [7, 11) is 0. The number of carbonyl (C=O) groups excluding carboxylic acids is 1. The van der Waals surface area contributed by atoms with Crippen LogP contribution in [0.25, 0.3) is 0 Å². The van der Waals surface area contributed by atoms with Gasteiger partial charge >= 0.3 is 6.09 Å². The summed E-state index contributed by atoms with van der Waals surface area (Å²) in [6.45, 7) is 5.68. The highest BCUT2D eigenvalue weighted by molar-refractivity contribution is 8.14. The Bertz CT molecular complexity index is 676. The first-order valence-electron chi connectivity index (χ1n) is 7.64. The monoisotopic (exact) mass is 347 g/mol. The maximum absolute atomic E-state index is 11.9. The van der Waals surface area contributed by atoms with Crippen LogP contribution in [0, 0.1) is 11.3 Å². The molecule has 1 aliphatic rings. The zero-order valence-electron chi connectivity index (χ0n) is 13.9. The molecule has 0 radical (unpaired) electrons. The Morgan fingerprint density at radius 2 is 2.33 bits per heavy atom. The molecule has 6 nitrogen and oxygen atoms in total. The topological polar surface area (TPSA) is 94.7 Å². The molecule has 2 rings (SSSR count). The first-order valence-corrected chi connectivity index (χ1v) is 8.62. The second-order valence-corrected chi connectivity index (χ2v) is 7.47. The number of aliphatic hydroxyl groups is 1. The normalized spacial score (nSPS) is 18.5. The number of aliphatic imine (C=N–C) groups is 1. The molecule has 128 valence electrons. The van der Waals surface area contributed by atoms with Crippen LogP contribution in [0.5, 0.6) is 0 Å². The Kier molecular flexibility index (Phi) is 5.86. The molecule has 2 N–H and O–H groups in total. The van der Waals surface area contributed by atoms with Gasteiger partial charge in [-0.05, 0) is 38.5 Å². The molecule has 0 bridgehead atoms. The van der Waals surface area contributed by atoms with Crippen molar-refractivity contribution in [3.05, 3.63) is 35.4 Å². The smallest absolute Gasteiger partial charge is 0.407 e. The standard InChI is InChI=1S/C17H21N3O3S/c1-17(2,3)23-16(22)19-9-13(15-20-14(21)10-24-15)12-6-4-5-11(7-12)8-18/h4-7,13-14,21H,9-10H2,1-3H3,(H,19,22). The van der Waals surface area contributed by atoms with Gasteiger partial charge in [-0.2, -0.15) is 5.26 Å². The lowest BCUT2D eigenvalue weighted by molar-refractivity contribution is 0.0527. The number of carbonyl (C=O) groups is 1. The van der Waals surface area contributed by atoms with E-state index in [9.17, 15) is 9.90 Å². The molecule has 24 heavy (non-hydrogen) atoms. The minimum absolute atomic E-state index is 0.229. The van der Waals surface area contributed by atoms with Gasteiger partial charge in [0.25, 0.3) is 0 Å². The fourth-order valence-electron chi connectivity index (χ4n) is 2.24. The lowest BCUT2D eigenvalue weighted by atomic mass is 9.98. The lowest BCUT2D eigenvalue weighted by Gasteiger charge is -2.22. The Morgan fingerprint density at radius 1 is 1.58 bits per heavy atom. The molecule has 0 spiro atoms.